The lowest BCUT2D eigenvalue weighted by molar-refractivity contribution is -0.135. The van der Waals surface area contributed by atoms with Crippen LogP contribution in [0.4, 0.5) is 8.78 Å². The average molecular weight is 197 g/mol. The van der Waals surface area contributed by atoms with E-state index in [0.29, 0.717) is 0 Å². The van der Waals surface area contributed by atoms with E-state index in [9.17, 15) is 8.78 Å². The van der Waals surface area contributed by atoms with Crippen molar-refractivity contribution in [1.82, 2.24) is 5.32 Å². The van der Waals surface area contributed by atoms with Crippen LogP contribution in [0.2, 0.25) is 0 Å². The molecule has 0 spiro atoms. The summed E-state index contributed by atoms with van der Waals surface area (Å²) in [5.74, 6) is -2.50. The fourth-order valence-corrected chi connectivity index (χ4v) is 2.11. The van der Waals surface area contributed by atoms with Crippen LogP contribution in [0.15, 0.2) is 30.3 Å². The summed E-state index contributed by atoms with van der Waals surface area (Å²) < 4.78 is 25.7. The van der Waals surface area contributed by atoms with E-state index in [-0.39, 0.29) is 12.8 Å². The molecule has 0 aromatic heterocycles. The maximum atomic E-state index is 12.9. The van der Waals surface area contributed by atoms with Gasteiger partial charge in [0.1, 0.15) is 0 Å². The lowest BCUT2D eigenvalue weighted by Gasteiger charge is -2.47. The zero-order chi connectivity index (χ0) is 10.2. The van der Waals surface area contributed by atoms with Gasteiger partial charge in [-0.2, -0.15) is 0 Å². The Morgan fingerprint density at radius 2 is 1.71 bits per heavy atom. The Bertz CT molecular complexity index is 313. The van der Waals surface area contributed by atoms with Gasteiger partial charge in [0.05, 0.1) is 5.54 Å². The van der Waals surface area contributed by atoms with Crippen molar-refractivity contribution < 1.29 is 8.78 Å². The Hall–Kier alpha value is -0.960. The molecule has 14 heavy (non-hydrogen) atoms. The molecular weight excluding hydrogens is 184 g/mol. The highest BCUT2D eigenvalue weighted by molar-refractivity contribution is 5.29. The number of hydrogen-bond donors (Lipinski definition) is 1. The minimum Gasteiger partial charge on any atom is -0.310 e. The largest absolute Gasteiger partial charge is 0.310 e. The number of alkyl halides is 2. The Morgan fingerprint density at radius 3 is 2.14 bits per heavy atom. The van der Waals surface area contributed by atoms with Crippen LogP contribution in [0.5, 0.6) is 0 Å². The molecule has 1 aromatic rings. The Labute approximate surface area is 82.1 Å². The van der Waals surface area contributed by atoms with Crippen LogP contribution in [0, 0.1) is 0 Å². The zero-order valence-electron chi connectivity index (χ0n) is 8.06. The van der Waals surface area contributed by atoms with Crippen molar-refractivity contribution in [3.63, 3.8) is 0 Å². The number of benzene rings is 1. The third-order valence-electron chi connectivity index (χ3n) is 2.93. The van der Waals surface area contributed by atoms with Gasteiger partial charge in [-0.05, 0) is 12.6 Å². The zero-order valence-corrected chi connectivity index (χ0v) is 8.06. The van der Waals surface area contributed by atoms with Gasteiger partial charge in [-0.3, -0.25) is 0 Å². The van der Waals surface area contributed by atoms with Gasteiger partial charge in [-0.25, -0.2) is 8.78 Å². The summed E-state index contributed by atoms with van der Waals surface area (Å²) in [7, 11) is 1.74. The van der Waals surface area contributed by atoms with Gasteiger partial charge >= 0.3 is 0 Å². The summed E-state index contributed by atoms with van der Waals surface area (Å²) in [6.45, 7) is 0. The van der Waals surface area contributed by atoms with Gasteiger partial charge in [0.25, 0.3) is 5.92 Å². The molecule has 0 amide bonds. The van der Waals surface area contributed by atoms with E-state index < -0.39 is 11.5 Å². The molecule has 76 valence electrons. The van der Waals surface area contributed by atoms with Gasteiger partial charge in [-0.1, -0.05) is 30.3 Å². The maximum Gasteiger partial charge on any atom is 0.252 e. The number of nitrogens with one attached hydrogen (secondary N) is 1. The lowest BCUT2D eigenvalue weighted by atomic mass is 9.69. The van der Waals surface area contributed by atoms with Gasteiger partial charge in [0.15, 0.2) is 0 Å². The van der Waals surface area contributed by atoms with Crippen LogP contribution in [0.25, 0.3) is 0 Å². The summed E-state index contributed by atoms with van der Waals surface area (Å²) in [5, 5.41) is 3.01. The highest BCUT2D eigenvalue weighted by atomic mass is 19.3. The Kier molecular flexibility index (Phi) is 2.07. The van der Waals surface area contributed by atoms with Crippen molar-refractivity contribution in [3.05, 3.63) is 35.9 Å². The predicted octanol–water partition coefficient (Wildman–Crippen LogP) is 2.53. The molecule has 3 heteroatoms. The molecule has 1 aromatic carbocycles. The molecule has 1 nitrogen and oxygen atoms in total. The number of hydrogen-bond acceptors (Lipinski definition) is 1. The van der Waals surface area contributed by atoms with Gasteiger partial charge in [0, 0.05) is 12.8 Å². The summed E-state index contributed by atoms with van der Waals surface area (Å²) in [5.41, 5.74) is 0.443. The fraction of sp³-hybridized carbons (Fsp3) is 0.455. The first kappa shape index (κ1) is 9.59. The molecule has 2 rings (SSSR count). The molecule has 1 aliphatic carbocycles. The van der Waals surface area contributed by atoms with Gasteiger partial charge < -0.3 is 5.32 Å². The number of halogens is 2. The summed E-state index contributed by atoms with van der Waals surface area (Å²) in [4.78, 5) is 0. The van der Waals surface area contributed by atoms with E-state index in [4.69, 9.17) is 0 Å². The molecule has 1 fully saturated rings. The molecular formula is C11H13F2N. The predicted molar refractivity (Wildman–Crippen MR) is 51.4 cm³/mol. The van der Waals surface area contributed by atoms with Gasteiger partial charge in [-0.15, -0.1) is 0 Å². The average Bonchev–Trinajstić information content (AvgIpc) is 2.15. The SMILES string of the molecule is CNC1(c2ccccc2)CC(F)(F)C1. The lowest BCUT2D eigenvalue weighted by Crippen LogP contribution is -2.57. The summed E-state index contributed by atoms with van der Waals surface area (Å²) in [6.07, 6.45) is -0.193. The second kappa shape index (κ2) is 3.02. The van der Waals surface area contributed by atoms with E-state index in [1.165, 1.54) is 0 Å². The second-order valence-corrected chi connectivity index (χ2v) is 3.91. The highest BCUT2D eigenvalue weighted by Crippen LogP contribution is 2.51. The van der Waals surface area contributed by atoms with E-state index in [0.717, 1.165) is 5.56 Å². The molecule has 0 bridgehead atoms. The molecule has 0 aliphatic heterocycles. The third-order valence-corrected chi connectivity index (χ3v) is 2.93. The quantitative estimate of drug-likeness (QED) is 0.768. The molecule has 1 N–H and O–H groups in total. The van der Waals surface area contributed by atoms with E-state index in [1.54, 1.807) is 7.05 Å². The van der Waals surface area contributed by atoms with Crippen LogP contribution < -0.4 is 5.32 Å². The Morgan fingerprint density at radius 1 is 1.14 bits per heavy atom. The van der Waals surface area contributed by atoms with Crippen molar-refractivity contribution in [3.8, 4) is 0 Å². The smallest absolute Gasteiger partial charge is 0.252 e. The number of rotatable bonds is 2. The molecule has 1 saturated carbocycles. The summed E-state index contributed by atoms with van der Waals surface area (Å²) >= 11 is 0. The van der Waals surface area contributed by atoms with E-state index in [1.807, 2.05) is 30.3 Å². The van der Waals surface area contributed by atoms with Crippen molar-refractivity contribution in [1.29, 1.82) is 0 Å². The van der Waals surface area contributed by atoms with E-state index in [2.05, 4.69) is 5.32 Å². The Balaban J connectivity index is 2.25. The monoisotopic (exact) mass is 197 g/mol. The van der Waals surface area contributed by atoms with Crippen molar-refractivity contribution in [2.45, 2.75) is 24.3 Å². The molecule has 0 radical (unpaired) electrons. The standard InChI is InChI=1S/C11H13F2N/c1-14-10(7-11(12,13)8-10)9-5-3-2-4-6-9/h2-6,14H,7-8H2,1H3. The fourth-order valence-electron chi connectivity index (χ4n) is 2.11. The third kappa shape index (κ3) is 1.42. The minimum absolute atomic E-state index is 0.0967. The van der Waals surface area contributed by atoms with Crippen molar-refractivity contribution >= 4 is 0 Å². The van der Waals surface area contributed by atoms with E-state index >= 15 is 0 Å². The topological polar surface area (TPSA) is 12.0 Å². The van der Waals surface area contributed by atoms with Crippen molar-refractivity contribution in [2.75, 3.05) is 7.05 Å². The van der Waals surface area contributed by atoms with Crippen molar-refractivity contribution in [2.24, 2.45) is 0 Å². The summed E-state index contributed by atoms with van der Waals surface area (Å²) in [6, 6.07) is 9.44. The molecule has 0 saturated heterocycles. The maximum absolute atomic E-state index is 12.9. The first-order valence-electron chi connectivity index (χ1n) is 4.70. The molecule has 0 atom stereocenters. The van der Waals surface area contributed by atoms with Gasteiger partial charge in [0.2, 0.25) is 0 Å². The van der Waals surface area contributed by atoms with Crippen LogP contribution >= 0.6 is 0 Å². The molecule has 0 heterocycles. The first-order chi connectivity index (χ1) is 6.58. The van der Waals surface area contributed by atoms with Crippen LogP contribution in [-0.4, -0.2) is 13.0 Å². The van der Waals surface area contributed by atoms with Crippen LogP contribution in [0.1, 0.15) is 18.4 Å². The van der Waals surface area contributed by atoms with Crippen LogP contribution in [0.3, 0.4) is 0 Å². The highest BCUT2D eigenvalue weighted by Gasteiger charge is 2.56. The molecule has 0 unspecified atom stereocenters. The second-order valence-electron chi connectivity index (χ2n) is 3.91. The normalized spacial score (nSPS) is 22.8. The molecule has 1 aliphatic rings. The van der Waals surface area contributed by atoms with Crippen LogP contribution in [-0.2, 0) is 5.54 Å². The first-order valence-corrected chi connectivity index (χ1v) is 4.70. The minimum atomic E-state index is -2.50.